The Balaban J connectivity index is 1.86. The molecule has 2 unspecified atom stereocenters. The molecule has 2 fully saturated rings. The zero-order valence-electron chi connectivity index (χ0n) is 10.6. The lowest BCUT2D eigenvalue weighted by atomic mass is 9.90. The van der Waals surface area contributed by atoms with Crippen molar-refractivity contribution in [1.29, 1.82) is 0 Å². The van der Waals surface area contributed by atoms with Crippen molar-refractivity contribution in [2.75, 3.05) is 19.6 Å². The van der Waals surface area contributed by atoms with Crippen LogP contribution in [0.1, 0.15) is 32.1 Å². The lowest BCUT2D eigenvalue weighted by Gasteiger charge is -2.30. The Labute approximate surface area is 107 Å². The van der Waals surface area contributed by atoms with E-state index in [0.717, 1.165) is 45.0 Å². The van der Waals surface area contributed by atoms with Gasteiger partial charge >= 0.3 is 0 Å². The molecule has 0 radical (unpaired) electrons. The zero-order chi connectivity index (χ0) is 13.0. The molecule has 18 heavy (non-hydrogen) atoms. The van der Waals surface area contributed by atoms with Gasteiger partial charge in [0.15, 0.2) is 5.78 Å². The van der Waals surface area contributed by atoms with Crippen LogP contribution in [-0.4, -0.2) is 54.1 Å². The molecule has 2 rings (SSSR count). The van der Waals surface area contributed by atoms with Crippen LogP contribution in [0.2, 0.25) is 0 Å². The van der Waals surface area contributed by atoms with Gasteiger partial charge in [0.1, 0.15) is 0 Å². The number of piperidine rings is 1. The third-order valence-electron chi connectivity index (χ3n) is 3.99. The first-order valence-corrected chi connectivity index (χ1v) is 6.67. The number of amides is 2. The molecule has 0 spiro atoms. The average molecular weight is 252 g/mol. The predicted molar refractivity (Wildman–Crippen MR) is 65.8 cm³/mol. The number of hydrogen-bond acceptors (Lipinski definition) is 3. The first-order chi connectivity index (χ1) is 8.74. The maximum Gasteiger partial charge on any atom is 0.210 e. The van der Waals surface area contributed by atoms with E-state index in [1.807, 2.05) is 0 Å². The van der Waals surface area contributed by atoms with Gasteiger partial charge in [0.05, 0.1) is 6.04 Å². The predicted octanol–water partition coefficient (Wildman–Crippen LogP) is 0.435. The summed E-state index contributed by atoms with van der Waals surface area (Å²) in [6.07, 6.45) is 5.84. The number of ketones is 1. The van der Waals surface area contributed by atoms with Gasteiger partial charge < -0.3 is 9.80 Å². The second kappa shape index (κ2) is 5.98. The zero-order valence-corrected chi connectivity index (χ0v) is 10.6. The lowest BCUT2D eigenvalue weighted by molar-refractivity contribution is -0.131. The van der Waals surface area contributed by atoms with Crippen LogP contribution in [0.4, 0.5) is 0 Å². The number of likely N-dealkylation sites (tertiary alicyclic amines) is 2. The van der Waals surface area contributed by atoms with Crippen molar-refractivity contribution in [3.05, 3.63) is 0 Å². The van der Waals surface area contributed by atoms with E-state index in [4.69, 9.17) is 0 Å². The molecule has 2 aliphatic rings. The molecule has 2 amide bonds. The summed E-state index contributed by atoms with van der Waals surface area (Å²) < 4.78 is 0. The summed E-state index contributed by atoms with van der Waals surface area (Å²) in [5.74, 6) is 0.433. The van der Waals surface area contributed by atoms with Crippen LogP contribution >= 0.6 is 0 Å². The Hall–Kier alpha value is -1.39. The van der Waals surface area contributed by atoms with Gasteiger partial charge in [-0.2, -0.15) is 0 Å². The van der Waals surface area contributed by atoms with Gasteiger partial charge in [-0.25, -0.2) is 0 Å². The van der Waals surface area contributed by atoms with E-state index in [9.17, 15) is 14.4 Å². The van der Waals surface area contributed by atoms with Gasteiger partial charge in [-0.15, -0.1) is 0 Å². The first kappa shape index (κ1) is 13.1. The fraction of sp³-hybridized carbons (Fsp3) is 0.769. The van der Waals surface area contributed by atoms with Gasteiger partial charge in [0.25, 0.3) is 0 Å². The van der Waals surface area contributed by atoms with Crippen LogP contribution in [0.5, 0.6) is 0 Å². The maximum absolute atomic E-state index is 12.2. The highest BCUT2D eigenvalue weighted by Crippen LogP contribution is 2.23. The second-order valence-corrected chi connectivity index (χ2v) is 5.28. The number of carbonyl (C=O) groups excluding carboxylic acids is 3. The fourth-order valence-electron chi connectivity index (χ4n) is 3.04. The third-order valence-corrected chi connectivity index (χ3v) is 3.99. The molecule has 0 N–H and O–H groups in total. The Morgan fingerprint density at radius 1 is 1.11 bits per heavy atom. The molecular weight excluding hydrogens is 232 g/mol. The number of carbonyl (C=O) groups is 3. The molecular formula is C13H20N2O3. The van der Waals surface area contributed by atoms with Crippen LogP contribution in [0.25, 0.3) is 0 Å². The monoisotopic (exact) mass is 252 g/mol. The van der Waals surface area contributed by atoms with E-state index in [2.05, 4.69) is 0 Å². The minimum absolute atomic E-state index is 0.164. The quantitative estimate of drug-likeness (QED) is 0.667. The molecule has 5 nitrogen and oxygen atoms in total. The van der Waals surface area contributed by atoms with E-state index in [0.29, 0.717) is 19.5 Å². The molecule has 0 aromatic heterocycles. The third kappa shape index (κ3) is 2.89. The molecule has 2 saturated heterocycles. The van der Waals surface area contributed by atoms with Crippen LogP contribution in [-0.2, 0) is 14.4 Å². The van der Waals surface area contributed by atoms with Crippen LogP contribution in [0, 0.1) is 5.92 Å². The molecule has 0 saturated carbocycles. The van der Waals surface area contributed by atoms with Gasteiger partial charge in [-0.1, -0.05) is 0 Å². The number of hydrogen-bond donors (Lipinski definition) is 0. The number of nitrogens with zero attached hydrogens (tertiary/aromatic N) is 2. The van der Waals surface area contributed by atoms with E-state index in [1.54, 1.807) is 9.80 Å². The average Bonchev–Trinajstić information content (AvgIpc) is 2.87. The van der Waals surface area contributed by atoms with Crippen molar-refractivity contribution in [1.82, 2.24) is 9.80 Å². The van der Waals surface area contributed by atoms with Crippen molar-refractivity contribution in [2.24, 2.45) is 5.92 Å². The summed E-state index contributed by atoms with van der Waals surface area (Å²) in [5.41, 5.74) is 0. The summed E-state index contributed by atoms with van der Waals surface area (Å²) >= 11 is 0. The molecule has 100 valence electrons. The van der Waals surface area contributed by atoms with E-state index < -0.39 is 0 Å². The van der Waals surface area contributed by atoms with Crippen molar-refractivity contribution in [3.63, 3.8) is 0 Å². The normalized spacial score (nSPS) is 28.2. The minimum Gasteiger partial charge on any atom is -0.345 e. The summed E-state index contributed by atoms with van der Waals surface area (Å²) in [4.78, 5) is 37.1. The highest BCUT2D eigenvalue weighted by Gasteiger charge is 2.31. The van der Waals surface area contributed by atoms with E-state index >= 15 is 0 Å². The molecule has 0 aromatic carbocycles. The topological polar surface area (TPSA) is 57.7 Å². The highest BCUT2D eigenvalue weighted by atomic mass is 16.2. The molecule has 2 atom stereocenters. The Kier molecular flexibility index (Phi) is 4.33. The van der Waals surface area contributed by atoms with Crippen molar-refractivity contribution in [3.8, 4) is 0 Å². The lowest BCUT2D eigenvalue weighted by Crippen LogP contribution is -2.39. The highest BCUT2D eigenvalue weighted by molar-refractivity contribution is 5.86. The molecule has 0 aliphatic carbocycles. The second-order valence-electron chi connectivity index (χ2n) is 5.28. The van der Waals surface area contributed by atoms with Gasteiger partial charge in [0, 0.05) is 26.1 Å². The summed E-state index contributed by atoms with van der Waals surface area (Å²) in [6.45, 7) is 2.19. The molecule has 0 bridgehead atoms. The van der Waals surface area contributed by atoms with E-state index in [1.165, 1.54) is 0 Å². The fourth-order valence-corrected chi connectivity index (χ4v) is 3.04. The largest absolute Gasteiger partial charge is 0.345 e. The first-order valence-electron chi connectivity index (χ1n) is 6.67. The van der Waals surface area contributed by atoms with Gasteiger partial charge in [0.2, 0.25) is 12.8 Å². The SMILES string of the molecule is O=CN1CCCC(CC(=O)C2CCCN2C=O)C1. The van der Waals surface area contributed by atoms with Crippen LogP contribution in [0.15, 0.2) is 0 Å². The molecule has 5 heteroatoms. The smallest absolute Gasteiger partial charge is 0.210 e. The summed E-state index contributed by atoms with van der Waals surface area (Å²) in [6, 6.07) is -0.214. The van der Waals surface area contributed by atoms with Crippen LogP contribution in [0.3, 0.4) is 0 Å². The minimum atomic E-state index is -0.214. The Morgan fingerprint density at radius 3 is 2.61 bits per heavy atom. The van der Waals surface area contributed by atoms with Crippen molar-refractivity contribution >= 4 is 18.6 Å². The number of Topliss-reactive ketones (excluding diaryl/α,β-unsaturated/α-hetero) is 1. The molecule has 2 heterocycles. The Morgan fingerprint density at radius 2 is 1.89 bits per heavy atom. The van der Waals surface area contributed by atoms with Crippen molar-refractivity contribution in [2.45, 2.75) is 38.1 Å². The van der Waals surface area contributed by atoms with Gasteiger partial charge in [-0.3, -0.25) is 14.4 Å². The van der Waals surface area contributed by atoms with E-state index in [-0.39, 0.29) is 17.7 Å². The maximum atomic E-state index is 12.2. The van der Waals surface area contributed by atoms with Gasteiger partial charge in [-0.05, 0) is 31.6 Å². The summed E-state index contributed by atoms with van der Waals surface area (Å²) in [5, 5.41) is 0. The molecule has 2 aliphatic heterocycles. The Bertz CT molecular complexity index is 332. The van der Waals surface area contributed by atoms with Crippen LogP contribution < -0.4 is 0 Å². The number of rotatable bonds is 5. The van der Waals surface area contributed by atoms with Crippen molar-refractivity contribution < 1.29 is 14.4 Å². The standard InChI is InChI=1S/C13H20N2O3/c16-9-14-5-1-3-11(8-14)7-13(18)12-4-2-6-15(12)10-17/h9-12H,1-8H2. The summed E-state index contributed by atoms with van der Waals surface area (Å²) in [7, 11) is 0. The molecule has 0 aromatic rings.